The van der Waals surface area contributed by atoms with Crippen LogP contribution in [0.1, 0.15) is 31.9 Å². The standard InChI is InChI=1S/C13H17FO2/c1-9-7-11(14)6-5-10(9)8-12(15)16-13(2,3)4/h5-7H,8H2,1-4H3. The number of ether oxygens (including phenoxy) is 1. The van der Waals surface area contributed by atoms with Crippen molar-refractivity contribution in [3.05, 3.63) is 35.1 Å². The van der Waals surface area contributed by atoms with Crippen LogP contribution in [0.5, 0.6) is 0 Å². The first-order valence-corrected chi connectivity index (χ1v) is 5.25. The summed E-state index contributed by atoms with van der Waals surface area (Å²) in [6.07, 6.45) is 0.184. The van der Waals surface area contributed by atoms with Gasteiger partial charge >= 0.3 is 5.97 Å². The second-order valence-corrected chi connectivity index (χ2v) is 4.83. The molecule has 0 heterocycles. The zero-order valence-electron chi connectivity index (χ0n) is 10.1. The minimum absolute atomic E-state index is 0.184. The molecule has 0 atom stereocenters. The lowest BCUT2D eigenvalue weighted by atomic mass is 10.1. The molecule has 1 rings (SSSR count). The highest BCUT2D eigenvalue weighted by molar-refractivity contribution is 5.73. The lowest BCUT2D eigenvalue weighted by Crippen LogP contribution is -2.25. The quantitative estimate of drug-likeness (QED) is 0.722. The van der Waals surface area contributed by atoms with Crippen molar-refractivity contribution in [3.8, 4) is 0 Å². The fraction of sp³-hybridized carbons (Fsp3) is 0.462. The van der Waals surface area contributed by atoms with Crippen molar-refractivity contribution >= 4 is 5.97 Å². The molecule has 0 saturated carbocycles. The molecule has 0 fully saturated rings. The van der Waals surface area contributed by atoms with Gasteiger partial charge in [-0.05, 0) is 51.0 Å². The van der Waals surface area contributed by atoms with Gasteiger partial charge in [0.2, 0.25) is 0 Å². The second kappa shape index (κ2) is 4.64. The molecule has 0 unspecified atom stereocenters. The van der Waals surface area contributed by atoms with Gasteiger partial charge in [-0.1, -0.05) is 6.07 Å². The van der Waals surface area contributed by atoms with Crippen LogP contribution in [0.3, 0.4) is 0 Å². The summed E-state index contributed by atoms with van der Waals surface area (Å²) in [5.41, 5.74) is 1.09. The number of carbonyl (C=O) groups excluding carboxylic acids is 1. The van der Waals surface area contributed by atoms with Crippen molar-refractivity contribution in [2.45, 2.75) is 39.7 Å². The van der Waals surface area contributed by atoms with Crippen LogP contribution in [0.4, 0.5) is 4.39 Å². The number of aryl methyl sites for hydroxylation is 1. The van der Waals surface area contributed by atoms with E-state index in [4.69, 9.17) is 4.74 Å². The SMILES string of the molecule is Cc1cc(F)ccc1CC(=O)OC(C)(C)C. The van der Waals surface area contributed by atoms with Crippen LogP contribution in [-0.4, -0.2) is 11.6 Å². The number of rotatable bonds is 2. The zero-order valence-corrected chi connectivity index (χ0v) is 10.1. The minimum atomic E-state index is -0.481. The Morgan fingerprint density at radius 3 is 2.50 bits per heavy atom. The lowest BCUT2D eigenvalue weighted by Gasteiger charge is -2.19. The van der Waals surface area contributed by atoms with Crippen molar-refractivity contribution < 1.29 is 13.9 Å². The molecule has 1 aromatic carbocycles. The average molecular weight is 224 g/mol. The van der Waals surface area contributed by atoms with Crippen molar-refractivity contribution in [2.24, 2.45) is 0 Å². The fourth-order valence-corrected chi connectivity index (χ4v) is 1.39. The summed E-state index contributed by atoms with van der Waals surface area (Å²) in [7, 11) is 0. The monoisotopic (exact) mass is 224 g/mol. The molecule has 0 aliphatic carbocycles. The Hall–Kier alpha value is -1.38. The van der Waals surface area contributed by atoms with E-state index in [0.717, 1.165) is 11.1 Å². The highest BCUT2D eigenvalue weighted by Crippen LogP contribution is 2.14. The first-order chi connectivity index (χ1) is 7.28. The molecule has 0 saturated heterocycles. The highest BCUT2D eigenvalue weighted by atomic mass is 19.1. The topological polar surface area (TPSA) is 26.3 Å². The number of hydrogen-bond donors (Lipinski definition) is 0. The van der Waals surface area contributed by atoms with Gasteiger partial charge < -0.3 is 4.74 Å². The van der Waals surface area contributed by atoms with E-state index in [1.165, 1.54) is 12.1 Å². The molecule has 0 aliphatic rings. The Bertz CT molecular complexity index is 391. The summed E-state index contributed by atoms with van der Waals surface area (Å²) in [5.74, 6) is -0.576. The summed E-state index contributed by atoms with van der Waals surface area (Å²) in [6, 6.07) is 4.39. The molecule has 0 radical (unpaired) electrons. The number of hydrogen-bond acceptors (Lipinski definition) is 2. The number of benzene rings is 1. The molecule has 0 aromatic heterocycles. The number of halogens is 1. The van der Waals surface area contributed by atoms with E-state index in [1.54, 1.807) is 13.0 Å². The van der Waals surface area contributed by atoms with Crippen molar-refractivity contribution in [1.29, 1.82) is 0 Å². The molecule has 0 amide bonds. The summed E-state index contributed by atoms with van der Waals surface area (Å²) >= 11 is 0. The largest absolute Gasteiger partial charge is 0.460 e. The van der Waals surface area contributed by atoms with Gasteiger partial charge in [0.1, 0.15) is 11.4 Å². The Morgan fingerprint density at radius 1 is 1.38 bits per heavy atom. The van der Waals surface area contributed by atoms with E-state index in [1.807, 2.05) is 20.8 Å². The van der Waals surface area contributed by atoms with Gasteiger partial charge in [-0.2, -0.15) is 0 Å². The summed E-state index contributed by atoms with van der Waals surface area (Å²) in [5, 5.41) is 0. The molecule has 1 aromatic rings. The first kappa shape index (κ1) is 12.7. The predicted molar refractivity (Wildman–Crippen MR) is 60.7 cm³/mol. The average Bonchev–Trinajstić information content (AvgIpc) is 2.06. The van der Waals surface area contributed by atoms with E-state index in [-0.39, 0.29) is 18.2 Å². The van der Waals surface area contributed by atoms with E-state index in [9.17, 15) is 9.18 Å². The van der Waals surface area contributed by atoms with Gasteiger partial charge in [-0.25, -0.2) is 4.39 Å². The Labute approximate surface area is 95.4 Å². The maximum Gasteiger partial charge on any atom is 0.310 e. The smallest absolute Gasteiger partial charge is 0.310 e. The van der Waals surface area contributed by atoms with E-state index in [2.05, 4.69) is 0 Å². The Morgan fingerprint density at radius 2 is 2.00 bits per heavy atom. The van der Waals surface area contributed by atoms with Gasteiger partial charge in [-0.15, -0.1) is 0 Å². The van der Waals surface area contributed by atoms with E-state index >= 15 is 0 Å². The molecule has 2 nitrogen and oxygen atoms in total. The third kappa shape index (κ3) is 4.01. The molecule has 3 heteroatoms. The molecule has 0 aliphatic heterocycles. The lowest BCUT2D eigenvalue weighted by molar-refractivity contribution is -0.153. The fourth-order valence-electron chi connectivity index (χ4n) is 1.39. The van der Waals surface area contributed by atoms with Gasteiger partial charge in [0.15, 0.2) is 0 Å². The predicted octanol–water partition coefficient (Wildman–Crippen LogP) is 3.02. The molecule has 0 N–H and O–H groups in total. The van der Waals surface area contributed by atoms with Crippen LogP contribution in [0.2, 0.25) is 0 Å². The first-order valence-electron chi connectivity index (χ1n) is 5.25. The Balaban J connectivity index is 2.70. The van der Waals surface area contributed by atoms with Crippen molar-refractivity contribution in [2.75, 3.05) is 0 Å². The molecule has 0 bridgehead atoms. The number of carbonyl (C=O) groups is 1. The van der Waals surface area contributed by atoms with Gasteiger partial charge in [0, 0.05) is 0 Å². The maximum atomic E-state index is 12.8. The molecule has 88 valence electrons. The van der Waals surface area contributed by atoms with Gasteiger partial charge in [-0.3, -0.25) is 4.79 Å². The third-order valence-corrected chi connectivity index (χ3v) is 2.06. The van der Waals surface area contributed by atoms with Crippen LogP contribution in [0, 0.1) is 12.7 Å². The zero-order chi connectivity index (χ0) is 12.3. The maximum absolute atomic E-state index is 12.8. The molecule has 0 spiro atoms. The Kier molecular flexibility index (Phi) is 3.68. The van der Waals surface area contributed by atoms with Crippen LogP contribution in [-0.2, 0) is 16.0 Å². The number of esters is 1. The minimum Gasteiger partial charge on any atom is -0.460 e. The van der Waals surface area contributed by atoms with Gasteiger partial charge in [0.25, 0.3) is 0 Å². The van der Waals surface area contributed by atoms with E-state index in [0.29, 0.717) is 0 Å². The molecular formula is C13H17FO2. The van der Waals surface area contributed by atoms with Crippen molar-refractivity contribution in [3.63, 3.8) is 0 Å². The van der Waals surface area contributed by atoms with Crippen LogP contribution in [0.15, 0.2) is 18.2 Å². The molecule has 16 heavy (non-hydrogen) atoms. The summed E-state index contributed by atoms with van der Waals surface area (Å²) in [6.45, 7) is 7.25. The van der Waals surface area contributed by atoms with Crippen LogP contribution < -0.4 is 0 Å². The summed E-state index contributed by atoms with van der Waals surface area (Å²) in [4.78, 5) is 11.5. The summed E-state index contributed by atoms with van der Waals surface area (Å²) < 4.78 is 18.0. The van der Waals surface area contributed by atoms with Gasteiger partial charge in [0.05, 0.1) is 6.42 Å². The van der Waals surface area contributed by atoms with Crippen molar-refractivity contribution in [1.82, 2.24) is 0 Å². The normalized spacial score (nSPS) is 11.3. The molecular weight excluding hydrogens is 207 g/mol. The third-order valence-electron chi connectivity index (χ3n) is 2.06. The van der Waals surface area contributed by atoms with Crippen LogP contribution in [0.25, 0.3) is 0 Å². The second-order valence-electron chi connectivity index (χ2n) is 4.83. The highest BCUT2D eigenvalue weighted by Gasteiger charge is 2.17. The van der Waals surface area contributed by atoms with Crippen LogP contribution >= 0.6 is 0 Å². The van der Waals surface area contributed by atoms with E-state index < -0.39 is 5.60 Å².